The highest BCUT2D eigenvalue weighted by Crippen LogP contribution is 2.29. The van der Waals surface area contributed by atoms with Crippen LogP contribution < -0.4 is 10.1 Å². The van der Waals surface area contributed by atoms with Crippen molar-refractivity contribution in [3.63, 3.8) is 0 Å². The average Bonchev–Trinajstić information content (AvgIpc) is 2.67. The van der Waals surface area contributed by atoms with Crippen LogP contribution in [0.5, 0.6) is 5.75 Å². The van der Waals surface area contributed by atoms with E-state index in [-0.39, 0.29) is 28.3 Å². The molecule has 2 rings (SSSR count). The largest absolute Gasteiger partial charge is 0.496 e. The molecule has 0 fully saturated rings. The van der Waals surface area contributed by atoms with Gasteiger partial charge in [0.25, 0.3) is 11.6 Å². The number of esters is 1. The predicted molar refractivity (Wildman–Crippen MR) is 94.3 cm³/mol. The normalized spacial score (nSPS) is 11.0. The van der Waals surface area contributed by atoms with E-state index in [0.29, 0.717) is 0 Å². The zero-order valence-corrected chi connectivity index (χ0v) is 14.5. The molecule has 1 amide bonds. The third-order valence-corrected chi connectivity index (χ3v) is 3.54. The van der Waals surface area contributed by atoms with E-state index in [9.17, 15) is 19.7 Å². The lowest BCUT2D eigenvalue weighted by Crippen LogP contribution is -2.30. The van der Waals surface area contributed by atoms with Crippen molar-refractivity contribution >= 4 is 23.3 Å². The molecule has 0 saturated heterocycles. The zero-order chi connectivity index (χ0) is 20.0. The van der Waals surface area contributed by atoms with E-state index in [2.05, 4.69) is 5.32 Å². The van der Waals surface area contributed by atoms with Gasteiger partial charge in [-0.2, -0.15) is 5.26 Å². The average molecular weight is 369 g/mol. The smallest absolute Gasteiger partial charge is 0.338 e. The summed E-state index contributed by atoms with van der Waals surface area (Å²) in [5.41, 5.74) is -0.0253. The quantitative estimate of drug-likeness (QED) is 0.470. The second-order valence-electron chi connectivity index (χ2n) is 5.37. The van der Waals surface area contributed by atoms with Gasteiger partial charge in [0.05, 0.1) is 35.3 Å². The standard InChI is InChI=1S/C18H15N3O6/c1-11(27-18(23)13-5-3-4-12(8-13)10-19)17(22)20-15-7-6-14(26-2)9-16(15)21(24)25/h3-9,11H,1-2H3,(H,20,22)/t11-/m0/s1. The van der Waals surface area contributed by atoms with Gasteiger partial charge in [-0.3, -0.25) is 14.9 Å². The minimum atomic E-state index is -1.22. The van der Waals surface area contributed by atoms with Crippen molar-refractivity contribution in [2.24, 2.45) is 0 Å². The molecule has 9 heteroatoms. The number of nitrogens with one attached hydrogen (secondary N) is 1. The molecule has 0 saturated carbocycles. The number of nitro groups is 1. The Morgan fingerprint density at radius 1 is 1.26 bits per heavy atom. The highest BCUT2D eigenvalue weighted by molar-refractivity contribution is 5.98. The van der Waals surface area contributed by atoms with Crippen LogP contribution in [0.15, 0.2) is 42.5 Å². The van der Waals surface area contributed by atoms with Crippen molar-refractivity contribution in [2.75, 3.05) is 12.4 Å². The van der Waals surface area contributed by atoms with Crippen LogP contribution in [0.3, 0.4) is 0 Å². The number of anilines is 1. The van der Waals surface area contributed by atoms with Crippen molar-refractivity contribution in [1.82, 2.24) is 0 Å². The van der Waals surface area contributed by atoms with Crippen molar-refractivity contribution in [3.8, 4) is 11.8 Å². The van der Waals surface area contributed by atoms with Crippen LogP contribution in [0.4, 0.5) is 11.4 Å². The Labute approximate surface area is 154 Å². The molecule has 1 atom stereocenters. The summed E-state index contributed by atoms with van der Waals surface area (Å²) in [4.78, 5) is 34.8. The Kier molecular flexibility index (Phi) is 6.06. The van der Waals surface area contributed by atoms with Gasteiger partial charge in [-0.1, -0.05) is 6.07 Å². The van der Waals surface area contributed by atoms with Crippen molar-refractivity contribution < 1.29 is 24.0 Å². The summed E-state index contributed by atoms with van der Waals surface area (Å²) in [7, 11) is 1.36. The maximum absolute atomic E-state index is 12.2. The third-order valence-electron chi connectivity index (χ3n) is 3.54. The molecule has 138 valence electrons. The summed E-state index contributed by atoms with van der Waals surface area (Å²) in [6.07, 6.45) is -1.22. The molecule has 2 aromatic rings. The minimum Gasteiger partial charge on any atom is -0.496 e. The van der Waals surface area contributed by atoms with E-state index in [1.165, 1.54) is 56.5 Å². The van der Waals surface area contributed by atoms with Gasteiger partial charge in [0, 0.05) is 0 Å². The summed E-state index contributed by atoms with van der Waals surface area (Å²) in [6.45, 7) is 1.33. The van der Waals surface area contributed by atoms with Gasteiger partial charge < -0.3 is 14.8 Å². The maximum Gasteiger partial charge on any atom is 0.338 e. The van der Waals surface area contributed by atoms with E-state index in [1.807, 2.05) is 6.07 Å². The van der Waals surface area contributed by atoms with Crippen LogP contribution in [0.2, 0.25) is 0 Å². The Hall–Kier alpha value is -3.93. The lowest BCUT2D eigenvalue weighted by molar-refractivity contribution is -0.384. The third kappa shape index (κ3) is 4.79. The highest BCUT2D eigenvalue weighted by atomic mass is 16.6. The number of carbonyl (C=O) groups is 2. The first-order valence-corrected chi connectivity index (χ1v) is 7.70. The van der Waals surface area contributed by atoms with Crippen LogP contribution in [0, 0.1) is 21.4 Å². The molecule has 0 unspecified atom stereocenters. The lowest BCUT2D eigenvalue weighted by atomic mass is 10.1. The number of hydrogen-bond donors (Lipinski definition) is 1. The summed E-state index contributed by atoms with van der Waals surface area (Å²) in [5, 5.41) is 22.4. The molecule has 9 nitrogen and oxygen atoms in total. The molecule has 0 aliphatic heterocycles. The van der Waals surface area contributed by atoms with Gasteiger partial charge in [-0.25, -0.2) is 4.79 Å². The molecule has 1 N–H and O–H groups in total. The Morgan fingerprint density at radius 3 is 2.63 bits per heavy atom. The van der Waals surface area contributed by atoms with Crippen molar-refractivity contribution in [2.45, 2.75) is 13.0 Å². The van der Waals surface area contributed by atoms with Crippen LogP contribution in [0.1, 0.15) is 22.8 Å². The van der Waals surface area contributed by atoms with E-state index < -0.39 is 22.9 Å². The number of ether oxygens (including phenoxy) is 2. The predicted octanol–water partition coefficient (Wildman–Crippen LogP) is 2.66. The molecule has 0 aliphatic carbocycles. The van der Waals surface area contributed by atoms with Crippen LogP contribution in [0.25, 0.3) is 0 Å². The molecule has 0 aromatic heterocycles. The SMILES string of the molecule is COc1ccc(NC(=O)[C@H](C)OC(=O)c2cccc(C#N)c2)c([N+](=O)[O-])c1. The van der Waals surface area contributed by atoms with Gasteiger partial charge in [0.15, 0.2) is 6.10 Å². The topological polar surface area (TPSA) is 132 Å². The Bertz CT molecular complexity index is 935. The van der Waals surface area contributed by atoms with Crippen molar-refractivity contribution in [1.29, 1.82) is 5.26 Å². The molecule has 0 aliphatic rings. The minimum absolute atomic E-state index is 0.0554. The molecule has 0 bridgehead atoms. The van der Waals surface area contributed by atoms with E-state index in [4.69, 9.17) is 14.7 Å². The monoisotopic (exact) mass is 369 g/mol. The van der Waals surface area contributed by atoms with E-state index in [0.717, 1.165) is 0 Å². The summed E-state index contributed by atoms with van der Waals surface area (Å²) >= 11 is 0. The summed E-state index contributed by atoms with van der Waals surface area (Å²) in [6, 6.07) is 11.7. The number of carbonyl (C=O) groups excluding carboxylic acids is 2. The molecule has 0 radical (unpaired) electrons. The number of nitriles is 1. The van der Waals surface area contributed by atoms with Gasteiger partial charge in [-0.05, 0) is 37.3 Å². The number of nitrogens with zero attached hydrogens (tertiary/aromatic N) is 2. The van der Waals surface area contributed by atoms with Gasteiger partial charge >= 0.3 is 5.97 Å². The van der Waals surface area contributed by atoms with Crippen LogP contribution in [-0.4, -0.2) is 30.0 Å². The molecular weight excluding hydrogens is 354 g/mol. The number of methoxy groups -OCH3 is 1. The number of amides is 1. The molecular formula is C18H15N3O6. The summed E-state index contributed by atoms with van der Waals surface area (Å²) < 4.78 is 9.98. The second-order valence-corrected chi connectivity index (χ2v) is 5.37. The van der Waals surface area contributed by atoms with Gasteiger partial charge in [0.1, 0.15) is 11.4 Å². The van der Waals surface area contributed by atoms with E-state index in [1.54, 1.807) is 0 Å². The fourth-order valence-corrected chi connectivity index (χ4v) is 2.13. The first kappa shape index (κ1) is 19.4. The second kappa shape index (κ2) is 8.44. The first-order chi connectivity index (χ1) is 12.8. The fraction of sp³-hybridized carbons (Fsp3) is 0.167. The number of rotatable bonds is 6. The van der Waals surface area contributed by atoms with Crippen LogP contribution >= 0.6 is 0 Å². The zero-order valence-electron chi connectivity index (χ0n) is 14.5. The Morgan fingerprint density at radius 2 is 2.00 bits per heavy atom. The van der Waals surface area contributed by atoms with Crippen molar-refractivity contribution in [3.05, 3.63) is 63.7 Å². The number of nitro benzene ring substituents is 1. The molecule has 0 heterocycles. The first-order valence-electron chi connectivity index (χ1n) is 7.70. The van der Waals surface area contributed by atoms with Gasteiger partial charge in [0.2, 0.25) is 0 Å². The van der Waals surface area contributed by atoms with Crippen LogP contribution in [-0.2, 0) is 9.53 Å². The van der Waals surface area contributed by atoms with E-state index >= 15 is 0 Å². The van der Waals surface area contributed by atoms with Gasteiger partial charge in [-0.15, -0.1) is 0 Å². The number of benzene rings is 2. The highest BCUT2D eigenvalue weighted by Gasteiger charge is 2.23. The summed E-state index contributed by atoms with van der Waals surface area (Å²) in [5.74, 6) is -1.27. The molecule has 27 heavy (non-hydrogen) atoms. The molecule has 0 spiro atoms. The molecule has 2 aromatic carbocycles. The number of hydrogen-bond acceptors (Lipinski definition) is 7. The fourth-order valence-electron chi connectivity index (χ4n) is 2.13. The Balaban J connectivity index is 2.11. The maximum atomic E-state index is 12.2. The lowest BCUT2D eigenvalue weighted by Gasteiger charge is -2.14.